The van der Waals surface area contributed by atoms with E-state index in [-0.39, 0.29) is 0 Å². The summed E-state index contributed by atoms with van der Waals surface area (Å²) in [5, 5.41) is 7.64. The first-order valence-electron chi connectivity index (χ1n) is 8.75. The Bertz CT molecular complexity index is 1310. The van der Waals surface area contributed by atoms with Crippen molar-refractivity contribution < 1.29 is 0 Å². The normalized spacial score (nSPS) is 12.2. The van der Waals surface area contributed by atoms with Crippen LogP contribution in [0.4, 0.5) is 11.4 Å². The molecule has 0 N–H and O–H groups in total. The average molecular weight is 348 g/mol. The van der Waals surface area contributed by atoms with Gasteiger partial charge >= 0.3 is 0 Å². The highest BCUT2D eigenvalue weighted by Crippen LogP contribution is 2.49. The van der Waals surface area contributed by atoms with E-state index in [1.807, 2.05) is 11.3 Å². The first-order chi connectivity index (χ1) is 12.9. The zero-order valence-corrected chi connectivity index (χ0v) is 14.8. The second kappa shape index (κ2) is 5.20. The lowest BCUT2D eigenvalue weighted by atomic mass is 9.95. The van der Waals surface area contributed by atoms with Gasteiger partial charge in [-0.1, -0.05) is 66.7 Å². The van der Waals surface area contributed by atoms with Crippen molar-refractivity contribution >= 4 is 42.9 Å². The van der Waals surface area contributed by atoms with Crippen LogP contribution in [0.2, 0.25) is 0 Å². The van der Waals surface area contributed by atoms with Crippen LogP contribution >= 0.6 is 11.3 Å². The Labute approximate surface area is 155 Å². The van der Waals surface area contributed by atoms with Crippen LogP contribution in [0, 0.1) is 0 Å². The van der Waals surface area contributed by atoms with E-state index in [0.29, 0.717) is 0 Å². The third-order valence-corrected chi connectivity index (χ3v) is 6.29. The Hall–Kier alpha value is -3.10. The highest BCUT2D eigenvalue weighted by atomic mass is 32.1. The molecule has 5 aromatic rings. The smallest absolute Gasteiger partial charge is 0.0794 e. The molecule has 0 saturated carbocycles. The molecule has 4 aromatic carbocycles. The third kappa shape index (κ3) is 1.85. The summed E-state index contributed by atoms with van der Waals surface area (Å²) in [6, 6.07) is 30.2. The number of nitrogens with zero attached hydrogens (tertiary/aromatic N) is 1. The molecule has 0 atom stereocenters. The van der Waals surface area contributed by atoms with E-state index in [9.17, 15) is 0 Å². The molecule has 121 valence electrons. The number of rotatable bonds is 1. The van der Waals surface area contributed by atoms with Crippen LogP contribution < -0.4 is 5.32 Å². The van der Waals surface area contributed by atoms with E-state index in [1.165, 1.54) is 42.4 Å². The summed E-state index contributed by atoms with van der Waals surface area (Å²) >= 11 is 1.86. The number of hydrogen-bond donors (Lipinski definition) is 0. The van der Waals surface area contributed by atoms with Crippen LogP contribution in [-0.4, -0.2) is 0 Å². The molecule has 2 heteroatoms. The molecule has 0 unspecified atom stereocenters. The SMILES string of the molecule is c1ccc2c(c1)[N]c1c-2cccc1-c1cccc2sc3ccccc3c12. The molecule has 1 nitrogen and oxygen atoms in total. The molecule has 0 amide bonds. The number of hydrogen-bond acceptors (Lipinski definition) is 1. The average Bonchev–Trinajstić information content (AvgIpc) is 3.26. The van der Waals surface area contributed by atoms with Gasteiger partial charge in [0.2, 0.25) is 0 Å². The van der Waals surface area contributed by atoms with Crippen molar-refractivity contribution in [2.45, 2.75) is 0 Å². The topological polar surface area (TPSA) is 14.1 Å². The lowest BCUT2D eigenvalue weighted by Crippen LogP contribution is -1.88. The minimum absolute atomic E-state index is 1.07. The Morgan fingerprint density at radius 2 is 1.19 bits per heavy atom. The molecule has 1 aliphatic rings. The van der Waals surface area contributed by atoms with E-state index >= 15 is 0 Å². The maximum atomic E-state index is 4.97. The summed E-state index contributed by atoms with van der Waals surface area (Å²) in [7, 11) is 0. The number of fused-ring (bicyclic) bond motifs is 6. The largest absolute Gasteiger partial charge is 0.247 e. The summed E-state index contributed by atoms with van der Waals surface area (Å²) in [5.74, 6) is 0. The Kier molecular flexibility index (Phi) is 2.82. The van der Waals surface area contributed by atoms with Crippen LogP contribution in [0.1, 0.15) is 0 Å². The van der Waals surface area contributed by atoms with Crippen molar-refractivity contribution in [3.8, 4) is 22.3 Å². The zero-order valence-electron chi connectivity index (χ0n) is 13.9. The van der Waals surface area contributed by atoms with Crippen LogP contribution in [0.15, 0.2) is 84.9 Å². The molecule has 1 radical (unpaired) electrons. The van der Waals surface area contributed by atoms with Crippen LogP contribution in [0.25, 0.3) is 42.4 Å². The second-order valence-corrected chi connectivity index (χ2v) is 7.69. The summed E-state index contributed by atoms with van der Waals surface area (Å²) in [4.78, 5) is 0. The van der Waals surface area contributed by atoms with Crippen molar-refractivity contribution in [3.05, 3.63) is 84.9 Å². The Morgan fingerprint density at radius 1 is 0.538 bits per heavy atom. The lowest BCUT2D eigenvalue weighted by Gasteiger charge is -2.10. The number of para-hydroxylation sites is 2. The standard InChI is InChI=1S/C24H14NS/c1-3-12-20-15(7-1)17-10-5-11-18(24(17)25-20)16-9-6-14-22-23(16)19-8-2-4-13-21(19)26-22/h1-14H. The maximum Gasteiger partial charge on any atom is 0.0794 e. The maximum absolute atomic E-state index is 4.97. The predicted molar refractivity (Wildman–Crippen MR) is 112 cm³/mol. The van der Waals surface area contributed by atoms with Crippen molar-refractivity contribution in [3.63, 3.8) is 0 Å². The van der Waals surface area contributed by atoms with Gasteiger partial charge in [-0.05, 0) is 23.8 Å². The van der Waals surface area contributed by atoms with Gasteiger partial charge in [0, 0.05) is 36.9 Å². The van der Waals surface area contributed by atoms with Crippen molar-refractivity contribution in [2.75, 3.05) is 0 Å². The number of thiophene rings is 1. The van der Waals surface area contributed by atoms with Gasteiger partial charge in [-0.15, -0.1) is 11.3 Å². The van der Waals surface area contributed by atoms with Crippen LogP contribution in [0.5, 0.6) is 0 Å². The van der Waals surface area contributed by atoms with E-state index in [1.54, 1.807) is 0 Å². The fourth-order valence-corrected chi connectivity index (χ4v) is 5.15. The van der Waals surface area contributed by atoms with Gasteiger partial charge in [0.25, 0.3) is 0 Å². The molecule has 0 bridgehead atoms. The fraction of sp³-hybridized carbons (Fsp3) is 0. The Balaban J connectivity index is 1.69. The van der Waals surface area contributed by atoms with E-state index in [0.717, 1.165) is 11.4 Å². The molecule has 1 aromatic heterocycles. The van der Waals surface area contributed by atoms with E-state index in [4.69, 9.17) is 5.32 Å². The highest BCUT2D eigenvalue weighted by Gasteiger charge is 2.23. The van der Waals surface area contributed by atoms with E-state index < -0.39 is 0 Å². The molecule has 0 spiro atoms. The zero-order chi connectivity index (χ0) is 17.1. The minimum atomic E-state index is 1.07. The highest BCUT2D eigenvalue weighted by molar-refractivity contribution is 7.25. The van der Waals surface area contributed by atoms with Gasteiger partial charge in [0.15, 0.2) is 0 Å². The van der Waals surface area contributed by atoms with Gasteiger partial charge in [0.1, 0.15) is 0 Å². The van der Waals surface area contributed by atoms with E-state index in [2.05, 4.69) is 84.9 Å². The van der Waals surface area contributed by atoms with Gasteiger partial charge < -0.3 is 0 Å². The Morgan fingerprint density at radius 3 is 2.15 bits per heavy atom. The van der Waals surface area contributed by atoms with Crippen LogP contribution in [0.3, 0.4) is 0 Å². The molecule has 0 aliphatic carbocycles. The molecule has 6 rings (SSSR count). The summed E-state index contributed by atoms with van der Waals surface area (Å²) < 4.78 is 2.67. The third-order valence-electron chi connectivity index (χ3n) is 5.16. The van der Waals surface area contributed by atoms with Gasteiger partial charge in [-0.2, -0.15) is 0 Å². The molecule has 2 heterocycles. The molecular weight excluding hydrogens is 334 g/mol. The monoisotopic (exact) mass is 348 g/mol. The molecule has 0 fully saturated rings. The molecule has 26 heavy (non-hydrogen) atoms. The first-order valence-corrected chi connectivity index (χ1v) is 9.56. The molecule has 1 aliphatic heterocycles. The first kappa shape index (κ1) is 14.1. The van der Waals surface area contributed by atoms with Gasteiger partial charge in [0.05, 0.1) is 11.4 Å². The summed E-state index contributed by atoms with van der Waals surface area (Å²) in [6.07, 6.45) is 0. The van der Waals surface area contributed by atoms with Crippen molar-refractivity contribution in [1.29, 1.82) is 0 Å². The number of benzene rings is 4. The molecule has 0 saturated heterocycles. The van der Waals surface area contributed by atoms with Gasteiger partial charge in [-0.25, -0.2) is 5.32 Å². The quantitative estimate of drug-likeness (QED) is 0.297. The predicted octanol–water partition coefficient (Wildman–Crippen LogP) is 7.27. The lowest BCUT2D eigenvalue weighted by molar-refractivity contribution is 1.24. The minimum Gasteiger partial charge on any atom is -0.247 e. The summed E-state index contributed by atoms with van der Waals surface area (Å²) in [6.45, 7) is 0. The summed E-state index contributed by atoms with van der Waals surface area (Å²) in [5.41, 5.74) is 7.11. The molecular formula is C24H14NS. The van der Waals surface area contributed by atoms with Gasteiger partial charge in [-0.3, -0.25) is 0 Å². The van der Waals surface area contributed by atoms with Crippen molar-refractivity contribution in [1.82, 2.24) is 5.32 Å². The van der Waals surface area contributed by atoms with Crippen molar-refractivity contribution in [2.24, 2.45) is 0 Å². The fourth-order valence-electron chi connectivity index (χ4n) is 4.02. The second-order valence-electron chi connectivity index (χ2n) is 6.61. The van der Waals surface area contributed by atoms with Crippen LogP contribution in [-0.2, 0) is 0 Å².